The quantitative estimate of drug-likeness (QED) is 0.168. The summed E-state index contributed by atoms with van der Waals surface area (Å²) < 4.78 is 4.74. The van der Waals surface area contributed by atoms with E-state index in [2.05, 4.69) is 203 Å². The van der Waals surface area contributed by atoms with Gasteiger partial charge < -0.3 is 9.13 Å². The van der Waals surface area contributed by atoms with Gasteiger partial charge in [0.05, 0.1) is 45.1 Å². The molecule has 288 valence electrons. The Balaban J connectivity index is 1.01. The molecule has 0 bridgehead atoms. The van der Waals surface area contributed by atoms with Crippen LogP contribution in [0.1, 0.15) is 5.56 Å². The number of rotatable bonds is 6. The predicted molar refractivity (Wildman–Crippen MR) is 257 cm³/mol. The topological polar surface area (TPSA) is 46.5 Å². The van der Waals surface area contributed by atoms with Crippen LogP contribution in [-0.2, 0) is 0 Å². The summed E-state index contributed by atoms with van der Waals surface area (Å²) in [6, 6.07) is 79.8. The van der Waals surface area contributed by atoms with Gasteiger partial charge in [-0.3, -0.25) is 0 Å². The Hall–Kier alpha value is -8.52. The van der Waals surface area contributed by atoms with Crippen molar-refractivity contribution >= 4 is 54.4 Å². The Kier molecular flexibility index (Phi) is 8.19. The van der Waals surface area contributed by atoms with Crippen LogP contribution in [0.25, 0.3) is 111 Å². The summed E-state index contributed by atoms with van der Waals surface area (Å²) in [5.41, 5.74) is 16.0. The second-order valence-corrected chi connectivity index (χ2v) is 15.9. The van der Waals surface area contributed by atoms with E-state index < -0.39 is 0 Å². The maximum atomic E-state index is 9.51. The molecule has 0 amide bonds. The molecule has 0 radical (unpaired) electrons. The van der Waals surface area contributed by atoms with E-state index in [0.29, 0.717) is 5.56 Å². The van der Waals surface area contributed by atoms with Crippen LogP contribution in [0.3, 0.4) is 0 Å². The van der Waals surface area contributed by atoms with Crippen molar-refractivity contribution in [2.24, 2.45) is 0 Å². The number of benzene rings is 9. The molecule has 0 spiro atoms. The Bertz CT molecular complexity index is 3660. The highest BCUT2D eigenvalue weighted by atomic mass is 15.0. The van der Waals surface area contributed by atoms with Crippen molar-refractivity contribution in [2.75, 3.05) is 0 Å². The Morgan fingerprint density at radius 1 is 0.339 bits per heavy atom. The average molecular weight is 789 g/mol. The van der Waals surface area contributed by atoms with Crippen molar-refractivity contribution in [1.82, 2.24) is 14.1 Å². The molecule has 0 unspecified atom stereocenters. The average Bonchev–Trinajstić information content (AvgIpc) is 3.87. The van der Waals surface area contributed by atoms with Gasteiger partial charge in [0.15, 0.2) is 0 Å². The van der Waals surface area contributed by atoms with Gasteiger partial charge in [0.1, 0.15) is 0 Å². The minimum absolute atomic E-state index is 0.647. The monoisotopic (exact) mass is 788 g/mol. The molecule has 12 aromatic rings. The summed E-state index contributed by atoms with van der Waals surface area (Å²) in [5.74, 6) is 0. The lowest BCUT2D eigenvalue weighted by molar-refractivity contribution is 1.18. The smallest absolute Gasteiger partial charge is 0.0991 e. The van der Waals surface area contributed by atoms with Gasteiger partial charge >= 0.3 is 0 Å². The summed E-state index contributed by atoms with van der Waals surface area (Å²) in [4.78, 5) is 5.21. The van der Waals surface area contributed by atoms with Crippen molar-refractivity contribution in [2.45, 2.75) is 0 Å². The lowest BCUT2D eigenvalue weighted by atomic mass is 9.98. The van der Waals surface area contributed by atoms with Crippen molar-refractivity contribution in [1.29, 1.82) is 5.26 Å². The molecule has 3 aromatic heterocycles. The molecule has 3 heterocycles. The first kappa shape index (κ1) is 35.4. The number of nitriles is 1. The van der Waals surface area contributed by atoms with Crippen LogP contribution >= 0.6 is 0 Å². The second-order valence-electron chi connectivity index (χ2n) is 15.9. The van der Waals surface area contributed by atoms with Crippen molar-refractivity contribution < 1.29 is 0 Å². The lowest BCUT2D eigenvalue weighted by Crippen LogP contribution is -1.96. The normalized spacial score (nSPS) is 11.5. The zero-order valence-electron chi connectivity index (χ0n) is 33.6. The minimum atomic E-state index is 0.647. The van der Waals surface area contributed by atoms with Gasteiger partial charge in [0.2, 0.25) is 0 Å². The van der Waals surface area contributed by atoms with Crippen molar-refractivity contribution in [3.63, 3.8) is 0 Å². The van der Waals surface area contributed by atoms with Gasteiger partial charge in [-0.15, -0.1) is 0 Å². The summed E-state index contributed by atoms with van der Waals surface area (Å²) in [6.45, 7) is 0. The van der Waals surface area contributed by atoms with Crippen LogP contribution in [0.4, 0.5) is 0 Å². The van der Waals surface area contributed by atoms with Crippen LogP contribution in [0.2, 0.25) is 0 Å². The van der Waals surface area contributed by atoms with Gasteiger partial charge in [-0.05, 0) is 100 Å². The Morgan fingerprint density at radius 3 is 1.55 bits per heavy atom. The zero-order chi connectivity index (χ0) is 41.1. The summed E-state index contributed by atoms with van der Waals surface area (Å²) in [6.07, 6.45) is 0. The van der Waals surface area contributed by atoms with Crippen molar-refractivity contribution in [3.05, 3.63) is 224 Å². The van der Waals surface area contributed by atoms with E-state index in [-0.39, 0.29) is 0 Å². The van der Waals surface area contributed by atoms with E-state index in [4.69, 9.17) is 4.98 Å². The molecular formula is C58H36N4. The first-order chi connectivity index (χ1) is 30.7. The molecule has 12 rings (SSSR count). The van der Waals surface area contributed by atoms with E-state index in [9.17, 15) is 5.26 Å². The third-order valence-electron chi connectivity index (χ3n) is 12.3. The van der Waals surface area contributed by atoms with Crippen molar-refractivity contribution in [3.8, 4) is 62.2 Å². The van der Waals surface area contributed by atoms with Crippen LogP contribution in [0, 0.1) is 11.3 Å². The number of hydrogen-bond acceptors (Lipinski definition) is 2. The third-order valence-corrected chi connectivity index (χ3v) is 12.3. The van der Waals surface area contributed by atoms with Crippen LogP contribution in [0.5, 0.6) is 0 Å². The fraction of sp³-hybridized carbons (Fsp3) is 0. The van der Waals surface area contributed by atoms with Gasteiger partial charge in [0.25, 0.3) is 0 Å². The number of pyridine rings is 1. The van der Waals surface area contributed by atoms with E-state index in [1.807, 2.05) is 30.3 Å². The molecule has 4 nitrogen and oxygen atoms in total. The highest BCUT2D eigenvalue weighted by Gasteiger charge is 2.18. The van der Waals surface area contributed by atoms with Gasteiger partial charge in [-0.25, -0.2) is 4.98 Å². The highest BCUT2D eigenvalue weighted by Crippen LogP contribution is 2.40. The van der Waals surface area contributed by atoms with E-state index in [0.717, 1.165) is 72.7 Å². The number of hydrogen-bond donors (Lipinski definition) is 0. The number of para-hydroxylation sites is 2. The molecule has 0 atom stereocenters. The standard InChI is InChI=1S/C58H36N4/c59-37-38-19-27-46(28-20-38)61-55-17-9-7-15-48(55)50-31-26-44(36-57(50)61)43-22-21-40-25-32-51-49-16-8-10-18-56(49)62(58(51)52(40)33-43)47-29-23-42(24-30-47)54-35-45(39-11-3-1-4-12-39)34-53(60-54)41-13-5-2-6-14-41/h1-36H. The highest BCUT2D eigenvalue weighted by molar-refractivity contribution is 6.19. The molecule has 0 N–H and O–H groups in total. The second kappa shape index (κ2) is 14.3. The first-order valence-corrected chi connectivity index (χ1v) is 20.9. The largest absolute Gasteiger partial charge is 0.309 e. The van der Waals surface area contributed by atoms with E-state index in [1.54, 1.807) is 0 Å². The lowest BCUT2D eigenvalue weighted by Gasteiger charge is -2.13. The third kappa shape index (κ3) is 5.79. The van der Waals surface area contributed by atoms with Crippen LogP contribution < -0.4 is 0 Å². The minimum Gasteiger partial charge on any atom is -0.309 e. The summed E-state index contributed by atoms with van der Waals surface area (Å²) in [7, 11) is 0. The fourth-order valence-electron chi connectivity index (χ4n) is 9.35. The zero-order valence-corrected chi connectivity index (χ0v) is 33.6. The molecule has 62 heavy (non-hydrogen) atoms. The molecule has 0 saturated carbocycles. The molecule has 0 aliphatic carbocycles. The molecule has 0 fully saturated rings. The maximum absolute atomic E-state index is 9.51. The molecule has 0 aliphatic heterocycles. The Morgan fingerprint density at radius 2 is 0.839 bits per heavy atom. The van der Waals surface area contributed by atoms with Gasteiger partial charge in [-0.1, -0.05) is 146 Å². The predicted octanol–water partition coefficient (Wildman–Crippen LogP) is 15.0. The number of nitrogens with zero attached hydrogens (tertiary/aromatic N) is 4. The van der Waals surface area contributed by atoms with Crippen LogP contribution in [-0.4, -0.2) is 14.1 Å². The van der Waals surface area contributed by atoms with Gasteiger partial charge in [-0.2, -0.15) is 5.26 Å². The van der Waals surface area contributed by atoms with Gasteiger partial charge in [0, 0.05) is 49.4 Å². The molecule has 9 aromatic carbocycles. The maximum Gasteiger partial charge on any atom is 0.0991 e. The first-order valence-electron chi connectivity index (χ1n) is 20.9. The molecule has 0 aliphatic rings. The van der Waals surface area contributed by atoms with Crippen LogP contribution in [0.15, 0.2) is 218 Å². The number of fused-ring (bicyclic) bond motifs is 8. The molecular weight excluding hydrogens is 753 g/mol. The molecule has 0 saturated heterocycles. The SMILES string of the molecule is N#Cc1ccc(-n2c3ccccc3c3ccc(-c4ccc5ccc6c7ccccc7n(-c7ccc(-c8cc(-c9ccccc9)cc(-c9ccccc9)n8)cc7)c6c5c4)cc32)cc1. The molecule has 4 heteroatoms. The fourth-order valence-corrected chi connectivity index (χ4v) is 9.35. The summed E-state index contributed by atoms with van der Waals surface area (Å²) >= 11 is 0. The number of aromatic nitrogens is 3. The van der Waals surface area contributed by atoms with E-state index in [1.165, 1.54) is 37.8 Å². The van der Waals surface area contributed by atoms with E-state index >= 15 is 0 Å². The Labute approximate surface area is 358 Å². The summed E-state index contributed by atoms with van der Waals surface area (Å²) in [5, 5.41) is 16.7.